The van der Waals surface area contributed by atoms with E-state index in [-0.39, 0.29) is 12.6 Å². The minimum Gasteiger partial charge on any atom is -0.478 e. The molecule has 0 aliphatic heterocycles. The summed E-state index contributed by atoms with van der Waals surface area (Å²) < 4.78 is 4.87. The van der Waals surface area contributed by atoms with Gasteiger partial charge in [0.25, 0.3) is 5.91 Å². The first-order chi connectivity index (χ1) is 7.45. The number of imide groups is 1. The van der Waals surface area contributed by atoms with Crippen LogP contribution in [0, 0.1) is 0 Å². The normalized spacial score (nSPS) is 12.1. The van der Waals surface area contributed by atoms with E-state index in [1.807, 2.05) is 5.32 Å². The fraction of sp³-hybridized carbons (Fsp3) is 0.444. The van der Waals surface area contributed by atoms with Crippen molar-refractivity contribution in [2.75, 3.05) is 13.7 Å². The molecule has 1 atom stereocenters. The van der Waals surface area contributed by atoms with E-state index in [2.05, 4.69) is 5.32 Å². The molecule has 0 fully saturated rings. The van der Waals surface area contributed by atoms with Crippen LogP contribution in [0.3, 0.4) is 0 Å². The number of carbonyl (C=O) groups excluding carboxylic acids is 2. The minimum atomic E-state index is -1.26. The van der Waals surface area contributed by atoms with E-state index in [0.717, 1.165) is 6.08 Å². The van der Waals surface area contributed by atoms with Crippen LogP contribution in [0.2, 0.25) is 0 Å². The summed E-state index contributed by atoms with van der Waals surface area (Å²) in [7, 11) is 1.49. The molecule has 0 aliphatic carbocycles. The number of urea groups is 1. The molecule has 0 saturated carbocycles. The average Bonchev–Trinajstić information content (AvgIpc) is 2.23. The van der Waals surface area contributed by atoms with Crippen molar-refractivity contribution in [2.24, 2.45) is 0 Å². The highest BCUT2D eigenvalue weighted by atomic mass is 16.5. The van der Waals surface area contributed by atoms with E-state index in [9.17, 15) is 14.4 Å². The molecular weight excluding hydrogens is 216 g/mol. The summed E-state index contributed by atoms with van der Waals surface area (Å²) in [6, 6.07) is -0.705. The number of aliphatic carboxylic acids is 1. The van der Waals surface area contributed by atoms with Gasteiger partial charge in [0.05, 0.1) is 6.10 Å². The summed E-state index contributed by atoms with van der Waals surface area (Å²) in [5, 5.41) is 12.5. The van der Waals surface area contributed by atoms with Crippen molar-refractivity contribution < 1.29 is 24.2 Å². The van der Waals surface area contributed by atoms with Crippen LogP contribution in [0.15, 0.2) is 12.2 Å². The first-order valence-corrected chi connectivity index (χ1v) is 4.48. The van der Waals surface area contributed by atoms with E-state index in [0.29, 0.717) is 6.08 Å². The third-order valence-corrected chi connectivity index (χ3v) is 1.57. The van der Waals surface area contributed by atoms with Crippen molar-refractivity contribution in [1.29, 1.82) is 0 Å². The van der Waals surface area contributed by atoms with Crippen molar-refractivity contribution in [2.45, 2.75) is 13.0 Å². The van der Waals surface area contributed by atoms with Gasteiger partial charge in [-0.3, -0.25) is 10.1 Å². The summed E-state index contributed by atoms with van der Waals surface area (Å²) in [5.41, 5.74) is 0. The molecule has 0 aromatic carbocycles. The van der Waals surface area contributed by atoms with Gasteiger partial charge in [-0.25, -0.2) is 9.59 Å². The van der Waals surface area contributed by atoms with Crippen molar-refractivity contribution in [3.05, 3.63) is 12.2 Å². The number of methoxy groups -OCH3 is 1. The molecule has 3 N–H and O–H groups in total. The predicted molar refractivity (Wildman–Crippen MR) is 54.8 cm³/mol. The van der Waals surface area contributed by atoms with Crippen LogP contribution in [-0.4, -0.2) is 42.8 Å². The highest BCUT2D eigenvalue weighted by molar-refractivity contribution is 6.02. The molecule has 0 aromatic rings. The predicted octanol–water partition coefficient (Wildman–Crippen LogP) is -0.512. The summed E-state index contributed by atoms with van der Waals surface area (Å²) in [4.78, 5) is 32.0. The Bertz CT molecular complexity index is 300. The maximum absolute atomic E-state index is 11.0. The maximum Gasteiger partial charge on any atom is 0.328 e. The fourth-order valence-corrected chi connectivity index (χ4v) is 0.664. The van der Waals surface area contributed by atoms with Gasteiger partial charge >= 0.3 is 12.0 Å². The molecule has 90 valence electrons. The Balaban J connectivity index is 3.87. The molecule has 16 heavy (non-hydrogen) atoms. The quantitative estimate of drug-likeness (QED) is 0.551. The van der Waals surface area contributed by atoms with E-state index in [4.69, 9.17) is 9.84 Å². The lowest BCUT2D eigenvalue weighted by atomic mass is 10.4. The zero-order chi connectivity index (χ0) is 12.6. The van der Waals surface area contributed by atoms with Gasteiger partial charge in [0.15, 0.2) is 0 Å². The van der Waals surface area contributed by atoms with Gasteiger partial charge in [-0.15, -0.1) is 0 Å². The number of carbonyl (C=O) groups is 3. The van der Waals surface area contributed by atoms with Crippen molar-refractivity contribution >= 4 is 17.9 Å². The second-order valence-corrected chi connectivity index (χ2v) is 2.92. The number of carboxylic acid groups (broad SMARTS) is 1. The lowest BCUT2D eigenvalue weighted by molar-refractivity contribution is -0.131. The van der Waals surface area contributed by atoms with Crippen LogP contribution in [0.5, 0.6) is 0 Å². The Labute approximate surface area is 92.5 Å². The largest absolute Gasteiger partial charge is 0.478 e. The van der Waals surface area contributed by atoms with E-state index in [1.54, 1.807) is 6.92 Å². The molecule has 0 heterocycles. The Morgan fingerprint density at radius 1 is 1.38 bits per heavy atom. The Hall–Kier alpha value is -1.89. The molecule has 0 aromatic heterocycles. The first kappa shape index (κ1) is 14.1. The highest BCUT2D eigenvalue weighted by Gasteiger charge is 2.06. The lowest BCUT2D eigenvalue weighted by Crippen LogP contribution is -2.41. The first-order valence-electron chi connectivity index (χ1n) is 4.48. The van der Waals surface area contributed by atoms with Crippen LogP contribution in [0.4, 0.5) is 4.79 Å². The molecule has 0 spiro atoms. The molecular formula is C9H14N2O5. The standard InChI is InChI=1S/C9H14N2O5/c1-6(16-2)5-10-9(15)11-7(12)3-4-8(13)14/h3-4,6H,5H2,1-2H3,(H,13,14)(H2,10,11,12,15)/b4-3+. The lowest BCUT2D eigenvalue weighted by Gasteiger charge is -2.10. The zero-order valence-electron chi connectivity index (χ0n) is 9.02. The monoisotopic (exact) mass is 230 g/mol. The second-order valence-electron chi connectivity index (χ2n) is 2.92. The number of hydrogen-bond acceptors (Lipinski definition) is 4. The number of amides is 3. The van der Waals surface area contributed by atoms with Crippen LogP contribution < -0.4 is 10.6 Å². The Morgan fingerprint density at radius 2 is 2.00 bits per heavy atom. The van der Waals surface area contributed by atoms with E-state index in [1.165, 1.54) is 7.11 Å². The third kappa shape index (κ3) is 7.51. The summed E-state index contributed by atoms with van der Waals surface area (Å²) in [6.07, 6.45) is 1.22. The smallest absolute Gasteiger partial charge is 0.328 e. The highest BCUT2D eigenvalue weighted by Crippen LogP contribution is 1.83. The molecule has 7 nitrogen and oxygen atoms in total. The van der Waals surface area contributed by atoms with Crippen LogP contribution >= 0.6 is 0 Å². The third-order valence-electron chi connectivity index (χ3n) is 1.57. The van der Waals surface area contributed by atoms with Gasteiger partial charge in [-0.2, -0.15) is 0 Å². The summed E-state index contributed by atoms with van der Waals surface area (Å²) >= 11 is 0. The number of ether oxygens (including phenoxy) is 1. The second kappa shape index (κ2) is 7.41. The number of nitrogens with one attached hydrogen (secondary N) is 2. The fourth-order valence-electron chi connectivity index (χ4n) is 0.664. The van der Waals surface area contributed by atoms with Gasteiger partial charge in [0, 0.05) is 25.8 Å². The molecule has 0 saturated heterocycles. The average molecular weight is 230 g/mol. The van der Waals surface area contributed by atoms with Gasteiger partial charge in [-0.1, -0.05) is 0 Å². The molecule has 0 radical (unpaired) electrons. The minimum absolute atomic E-state index is 0.171. The van der Waals surface area contributed by atoms with Crippen molar-refractivity contribution in [3.63, 3.8) is 0 Å². The van der Waals surface area contributed by atoms with Crippen LogP contribution in [0.25, 0.3) is 0 Å². The SMILES string of the molecule is COC(C)CNC(=O)NC(=O)/C=C/C(=O)O. The van der Waals surface area contributed by atoms with Crippen LogP contribution in [-0.2, 0) is 14.3 Å². The van der Waals surface area contributed by atoms with Gasteiger partial charge < -0.3 is 15.2 Å². The number of carboxylic acids is 1. The Kier molecular flexibility index (Phi) is 6.53. The molecule has 0 aliphatic rings. The molecule has 1 unspecified atom stereocenters. The molecule has 0 bridgehead atoms. The summed E-state index contributed by atoms with van der Waals surface area (Å²) in [6.45, 7) is 1.99. The van der Waals surface area contributed by atoms with E-state index >= 15 is 0 Å². The number of hydrogen-bond donors (Lipinski definition) is 3. The topological polar surface area (TPSA) is 105 Å². The zero-order valence-corrected chi connectivity index (χ0v) is 9.02. The maximum atomic E-state index is 11.0. The van der Waals surface area contributed by atoms with Crippen molar-refractivity contribution in [1.82, 2.24) is 10.6 Å². The van der Waals surface area contributed by atoms with Gasteiger partial charge in [-0.05, 0) is 6.92 Å². The molecule has 0 rings (SSSR count). The Morgan fingerprint density at radius 3 is 2.50 bits per heavy atom. The summed E-state index contributed by atoms with van der Waals surface area (Å²) in [5.74, 6) is -2.06. The van der Waals surface area contributed by atoms with E-state index < -0.39 is 17.9 Å². The molecule has 3 amide bonds. The molecule has 7 heteroatoms. The van der Waals surface area contributed by atoms with Gasteiger partial charge in [0.2, 0.25) is 0 Å². The number of rotatable bonds is 5. The van der Waals surface area contributed by atoms with Crippen LogP contribution in [0.1, 0.15) is 6.92 Å². The van der Waals surface area contributed by atoms with Crippen molar-refractivity contribution in [3.8, 4) is 0 Å². The van der Waals surface area contributed by atoms with Gasteiger partial charge in [0.1, 0.15) is 0 Å².